The second-order valence-corrected chi connectivity index (χ2v) is 8.14. The Bertz CT molecular complexity index is 784. The van der Waals surface area contributed by atoms with Crippen LogP contribution < -0.4 is 9.64 Å². The fourth-order valence-corrected chi connectivity index (χ4v) is 4.53. The largest absolute Gasteiger partial charge is 0.494 e. The van der Waals surface area contributed by atoms with Crippen molar-refractivity contribution in [2.24, 2.45) is 5.92 Å². The van der Waals surface area contributed by atoms with Gasteiger partial charge < -0.3 is 9.47 Å². The zero-order chi connectivity index (χ0) is 18.6. The molecule has 6 nitrogen and oxygen atoms in total. The van der Waals surface area contributed by atoms with Crippen LogP contribution in [0.25, 0.3) is 10.2 Å². The molecule has 4 rings (SSSR count). The van der Waals surface area contributed by atoms with Gasteiger partial charge in [0.25, 0.3) is 0 Å². The van der Waals surface area contributed by atoms with Gasteiger partial charge in [0, 0.05) is 32.1 Å². The van der Waals surface area contributed by atoms with Crippen molar-refractivity contribution in [2.45, 2.75) is 26.2 Å². The maximum absolute atomic E-state index is 13.1. The van der Waals surface area contributed by atoms with Crippen molar-refractivity contribution in [3.05, 3.63) is 18.2 Å². The molecule has 7 heteroatoms. The SMILES string of the molecule is CCOc1ccc2nc(N(CCN3CCOCC3)C(=O)C3CCC3)sc2c1. The summed E-state index contributed by atoms with van der Waals surface area (Å²) >= 11 is 1.58. The van der Waals surface area contributed by atoms with E-state index < -0.39 is 0 Å². The summed E-state index contributed by atoms with van der Waals surface area (Å²) in [4.78, 5) is 22.1. The molecular formula is C20H27N3O3S. The minimum atomic E-state index is 0.167. The highest BCUT2D eigenvalue weighted by atomic mass is 32.1. The Labute approximate surface area is 164 Å². The molecule has 1 aliphatic heterocycles. The molecule has 1 amide bonds. The number of nitrogens with zero attached hydrogens (tertiary/aromatic N) is 3. The number of morpholine rings is 1. The summed E-state index contributed by atoms with van der Waals surface area (Å²) in [5.74, 6) is 1.25. The Morgan fingerprint density at radius 2 is 2.19 bits per heavy atom. The van der Waals surface area contributed by atoms with E-state index in [4.69, 9.17) is 14.5 Å². The van der Waals surface area contributed by atoms with Crippen molar-refractivity contribution >= 4 is 32.6 Å². The van der Waals surface area contributed by atoms with E-state index in [0.29, 0.717) is 13.2 Å². The lowest BCUT2D eigenvalue weighted by atomic mass is 9.84. The molecule has 2 aromatic rings. The number of hydrogen-bond acceptors (Lipinski definition) is 6. The highest BCUT2D eigenvalue weighted by Gasteiger charge is 2.32. The van der Waals surface area contributed by atoms with Crippen molar-refractivity contribution in [1.29, 1.82) is 0 Å². The fourth-order valence-electron chi connectivity index (χ4n) is 3.51. The summed E-state index contributed by atoms with van der Waals surface area (Å²) in [5, 5.41) is 0.809. The van der Waals surface area contributed by atoms with Crippen LogP contribution in [-0.4, -0.2) is 61.8 Å². The molecule has 1 saturated heterocycles. The standard InChI is InChI=1S/C20H27N3O3S/c1-2-26-16-6-7-17-18(14-16)27-20(21-17)23(19(24)15-4-3-5-15)9-8-22-10-12-25-13-11-22/h6-7,14-15H,2-5,8-13H2,1H3. The van der Waals surface area contributed by atoms with Crippen LogP contribution in [0.2, 0.25) is 0 Å². The first-order valence-electron chi connectivity index (χ1n) is 9.89. The molecule has 146 valence electrons. The topological polar surface area (TPSA) is 54.9 Å². The Hall–Kier alpha value is -1.70. The summed E-state index contributed by atoms with van der Waals surface area (Å²) in [6, 6.07) is 5.95. The van der Waals surface area contributed by atoms with E-state index in [9.17, 15) is 4.79 Å². The molecule has 2 aliphatic rings. The predicted molar refractivity (Wildman–Crippen MR) is 108 cm³/mol. The van der Waals surface area contributed by atoms with E-state index >= 15 is 0 Å². The van der Waals surface area contributed by atoms with Crippen molar-refractivity contribution in [3.8, 4) is 5.75 Å². The molecule has 1 aromatic carbocycles. The third-order valence-electron chi connectivity index (χ3n) is 5.35. The van der Waals surface area contributed by atoms with Gasteiger partial charge >= 0.3 is 0 Å². The Balaban J connectivity index is 1.54. The molecular weight excluding hydrogens is 362 g/mol. The number of hydrogen-bond donors (Lipinski definition) is 0. The molecule has 0 spiro atoms. The fraction of sp³-hybridized carbons (Fsp3) is 0.600. The van der Waals surface area contributed by atoms with E-state index in [2.05, 4.69) is 4.90 Å². The van der Waals surface area contributed by atoms with Crippen LogP contribution in [0.5, 0.6) is 5.75 Å². The van der Waals surface area contributed by atoms with Gasteiger partial charge in [0.1, 0.15) is 5.75 Å². The number of carbonyl (C=O) groups excluding carboxylic acids is 1. The average Bonchev–Trinajstić information content (AvgIpc) is 3.04. The quantitative estimate of drug-likeness (QED) is 0.728. The lowest BCUT2D eigenvalue weighted by Gasteiger charge is -2.33. The third kappa shape index (κ3) is 4.25. The van der Waals surface area contributed by atoms with Gasteiger partial charge in [0.05, 0.1) is 30.0 Å². The molecule has 1 aromatic heterocycles. The number of aromatic nitrogens is 1. The summed E-state index contributed by atoms with van der Waals surface area (Å²) in [5.41, 5.74) is 0.927. The summed E-state index contributed by atoms with van der Waals surface area (Å²) in [6.45, 7) is 7.59. The summed E-state index contributed by atoms with van der Waals surface area (Å²) in [7, 11) is 0. The number of carbonyl (C=O) groups is 1. The molecule has 0 bridgehead atoms. The average molecular weight is 390 g/mol. The van der Waals surface area contributed by atoms with Gasteiger partial charge in [-0.2, -0.15) is 0 Å². The molecule has 27 heavy (non-hydrogen) atoms. The second-order valence-electron chi connectivity index (χ2n) is 7.13. The number of amides is 1. The monoisotopic (exact) mass is 389 g/mol. The van der Waals surface area contributed by atoms with Crippen LogP contribution in [0.3, 0.4) is 0 Å². The molecule has 2 heterocycles. The summed E-state index contributed by atoms with van der Waals surface area (Å²) < 4.78 is 12.1. The van der Waals surface area contributed by atoms with E-state index in [0.717, 1.165) is 73.2 Å². The normalized spacial score (nSPS) is 18.4. The zero-order valence-corrected chi connectivity index (χ0v) is 16.7. The van der Waals surface area contributed by atoms with Gasteiger partial charge in [-0.1, -0.05) is 17.8 Å². The van der Waals surface area contributed by atoms with Gasteiger partial charge in [-0.3, -0.25) is 14.6 Å². The number of anilines is 1. The number of ether oxygens (including phenoxy) is 2. The van der Waals surface area contributed by atoms with Gasteiger partial charge in [-0.25, -0.2) is 4.98 Å². The smallest absolute Gasteiger partial charge is 0.231 e. The molecule has 0 radical (unpaired) electrons. The minimum Gasteiger partial charge on any atom is -0.494 e. The highest BCUT2D eigenvalue weighted by Crippen LogP contribution is 2.35. The molecule has 0 unspecified atom stereocenters. The molecule has 0 atom stereocenters. The maximum atomic E-state index is 13.1. The third-order valence-corrected chi connectivity index (χ3v) is 6.40. The van der Waals surface area contributed by atoms with Gasteiger partial charge in [0.15, 0.2) is 5.13 Å². The molecule has 1 aliphatic carbocycles. The molecule has 1 saturated carbocycles. The first kappa shape index (κ1) is 18.7. The van der Waals surface area contributed by atoms with Crippen LogP contribution in [0.15, 0.2) is 18.2 Å². The van der Waals surface area contributed by atoms with Crippen molar-refractivity contribution < 1.29 is 14.3 Å². The maximum Gasteiger partial charge on any atom is 0.231 e. The van der Waals surface area contributed by atoms with Crippen LogP contribution >= 0.6 is 11.3 Å². The number of thiazole rings is 1. The van der Waals surface area contributed by atoms with Crippen molar-refractivity contribution in [3.63, 3.8) is 0 Å². The number of benzene rings is 1. The van der Waals surface area contributed by atoms with Gasteiger partial charge in [-0.15, -0.1) is 0 Å². The van der Waals surface area contributed by atoms with Crippen molar-refractivity contribution in [2.75, 3.05) is 50.9 Å². The van der Waals surface area contributed by atoms with Crippen LogP contribution in [0, 0.1) is 5.92 Å². The Morgan fingerprint density at radius 1 is 1.37 bits per heavy atom. The molecule has 0 N–H and O–H groups in total. The number of rotatable bonds is 7. The Kier molecular flexibility index (Phi) is 5.90. The lowest BCUT2D eigenvalue weighted by Crippen LogP contribution is -2.45. The predicted octanol–water partition coefficient (Wildman–Crippen LogP) is 3.16. The second kappa shape index (κ2) is 8.54. The first-order valence-corrected chi connectivity index (χ1v) is 10.7. The van der Waals surface area contributed by atoms with Gasteiger partial charge in [-0.05, 0) is 38.0 Å². The number of fused-ring (bicyclic) bond motifs is 1. The highest BCUT2D eigenvalue weighted by molar-refractivity contribution is 7.22. The van der Waals surface area contributed by atoms with Crippen LogP contribution in [-0.2, 0) is 9.53 Å². The van der Waals surface area contributed by atoms with E-state index in [-0.39, 0.29) is 11.8 Å². The minimum absolute atomic E-state index is 0.167. The summed E-state index contributed by atoms with van der Waals surface area (Å²) in [6.07, 6.45) is 3.17. The molecule has 2 fully saturated rings. The van der Waals surface area contributed by atoms with Crippen LogP contribution in [0.4, 0.5) is 5.13 Å². The Morgan fingerprint density at radius 3 is 2.89 bits per heavy atom. The first-order chi connectivity index (χ1) is 13.2. The van der Waals surface area contributed by atoms with E-state index in [1.807, 2.05) is 30.0 Å². The van der Waals surface area contributed by atoms with E-state index in [1.165, 1.54) is 0 Å². The zero-order valence-electron chi connectivity index (χ0n) is 15.9. The lowest BCUT2D eigenvalue weighted by molar-refractivity contribution is -0.124. The van der Waals surface area contributed by atoms with Crippen LogP contribution in [0.1, 0.15) is 26.2 Å². The van der Waals surface area contributed by atoms with Gasteiger partial charge in [0.2, 0.25) is 5.91 Å². The van der Waals surface area contributed by atoms with Crippen molar-refractivity contribution in [1.82, 2.24) is 9.88 Å². The van der Waals surface area contributed by atoms with E-state index in [1.54, 1.807) is 11.3 Å².